The topological polar surface area (TPSA) is 71.2 Å². The maximum Gasteiger partial charge on any atom is 0.256 e. The summed E-state index contributed by atoms with van der Waals surface area (Å²) >= 11 is 0. The van der Waals surface area contributed by atoms with Crippen LogP contribution in [0.5, 0.6) is 0 Å². The molecule has 5 nitrogen and oxygen atoms in total. The second-order valence-electron chi connectivity index (χ2n) is 4.29. The van der Waals surface area contributed by atoms with Crippen LogP contribution in [-0.2, 0) is 0 Å². The largest absolute Gasteiger partial charge is 0.341 e. The smallest absolute Gasteiger partial charge is 0.256 e. The van der Waals surface area contributed by atoms with Crippen molar-refractivity contribution in [2.75, 3.05) is 19.0 Å². The monoisotopic (exact) mass is 238 g/mol. The van der Waals surface area contributed by atoms with Crippen LogP contribution in [0.3, 0.4) is 0 Å². The quantitative estimate of drug-likeness (QED) is 0.606. The van der Waals surface area contributed by atoms with E-state index in [-0.39, 0.29) is 17.3 Å². The molecule has 0 aliphatic heterocycles. The van der Waals surface area contributed by atoms with Gasteiger partial charge in [0.1, 0.15) is 0 Å². The first kappa shape index (κ1) is 11.8. The molecule has 1 aliphatic carbocycles. The summed E-state index contributed by atoms with van der Waals surface area (Å²) in [5, 5.41) is 0. The van der Waals surface area contributed by atoms with Crippen molar-refractivity contribution < 1.29 is 9.18 Å². The van der Waals surface area contributed by atoms with Crippen LogP contribution in [0.25, 0.3) is 0 Å². The maximum atomic E-state index is 13.8. The van der Waals surface area contributed by atoms with Crippen molar-refractivity contribution in [3.05, 3.63) is 23.6 Å². The van der Waals surface area contributed by atoms with E-state index < -0.39 is 5.82 Å². The van der Waals surface area contributed by atoms with Gasteiger partial charge < -0.3 is 10.3 Å². The van der Waals surface area contributed by atoms with E-state index in [2.05, 4.69) is 10.4 Å². The van der Waals surface area contributed by atoms with Crippen molar-refractivity contribution in [2.45, 2.75) is 12.8 Å². The third-order valence-electron chi connectivity index (χ3n) is 2.83. The number of hydrogen-bond acceptors (Lipinski definition) is 4. The molecule has 0 saturated heterocycles. The molecule has 6 heteroatoms. The number of nitrogen functional groups attached to an aromatic ring is 1. The minimum Gasteiger partial charge on any atom is -0.341 e. The molecular weight excluding hydrogens is 223 g/mol. The standard InChI is InChI=1S/C11H15FN4O/c1-16(6-7-2-3-7)11(17)8-4-5-14-10(15-13)9(8)12/h4-5,7H,2-3,6,13H2,1H3,(H,14,15). The molecule has 0 radical (unpaired) electrons. The van der Waals surface area contributed by atoms with Gasteiger partial charge in [-0.05, 0) is 24.8 Å². The number of nitrogens with zero attached hydrogens (tertiary/aromatic N) is 2. The van der Waals surface area contributed by atoms with Crippen LogP contribution in [0.1, 0.15) is 23.2 Å². The summed E-state index contributed by atoms with van der Waals surface area (Å²) < 4.78 is 13.8. The van der Waals surface area contributed by atoms with Crippen LogP contribution in [0.2, 0.25) is 0 Å². The van der Waals surface area contributed by atoms with Crippen molar-refractivity contribution in [3.63, 3.8) is 0 Å². The van der Waals surface area contributed by atoms with Gasteiger partial charge in [-0.1, -0.05) is 0 Å². The number of pyridine rings is 1. The summed E-state index contributed by atoms with van der Waals surface area (Å²) in [7, 11) is 1.68. The van der Waals surface area contributed by atoms with Crippen LogP contribution in [0, 0.1) is 11.7 Å². The van der Waals surface area contributed by atoms with E-state index in [0.29, 0.717) is 12.5 Å². The normalized spacial score (nSPS) is 14.5. The molecule has 17 heavy (non-hydrogen) atoms. The number of anilines is 1. The molecule has 92 valence electrons. The second-order valence-corrected chi connectivity index (χ2v) is 4.29. The predicted octanol–water partition coefficient (Wildman–Crippen LogP) is 0.988. The molecule has 1 fully saturated rings. The minimum atomic E-state index is -0.706. The fraction of sp³-hybridized carbons (Fsp3) is 0.455. The lowest BCUT2D eigenvalue weighted by Crippen LogP contribution is -2.30. The van der Waals surface area contributed by atoms with E-state index in [1.807, 2.05) is 0 Å². The molecule has 1 aromatic heterocycles. The number of rotatable bonds is 4. The Kier molecular flexibility index (Phi) is 3.23. The molecule has 0 unspecified atom stereocenters. The van der Waals surface area contributed by atoms with Crippen LogP contribution < -0.4 is 11.3 Å². The van der Waals surface area contributed by atoms with Gasteiger partial charge in [0.2, 0.25) is 0 Å². The molecule has 0 bridgehead atoms. The highest BCUT2D eigenvalue weighted by molar-refractivity contribution is 5.95. The Balaban J connectivity index is 2.17. The first-order chi connectivity index (χ1) is 8.13. The van der Waals surface area contributed by atoms with Gasteiger partial charge in [-0.2, -0.15) is 0 Å². The van der Waals surface area contributed by atoms with Crippen molar-refractivity contribution in [2.24, 2.45) is 11.8 Å². The summed E-state index contributed by atoms with van der Waals surface area (Å²) in [6, 6.07) is 1.36. The third kappa shape index (κ3) is 2.52. The number of carbonyl (C=O) groups is 1. The van der Waals surface area contributed by atoms with Gasteiger partial charge in [-0.25, -0.2) is 15.2 Å². The zero-order valence-corrected chi connectivity index (χ0v) is 9.61. The molecule has 1 aliphatic rings. The van der Waals surface area contributed by atoms with Gasteiger partial charge in [-0.3, -0.25) is 4.79 Å². The molecule has 1 heterocycles. The van der Waals surface area contributed by atoms with Gasteiger partial charge in [0.05, 0.1) is 5.56 Å². The summed E-state index contributed by atoms with van der Waals surface area (Å²) in [4.78, 5) is 17.2. The molecule has 0 atom stereocenters. The van der Waals surface area contributed by atoms with E-state index in [1.54, 1.807) is 7.05 Å². The zero-order valence-electron chi connectivity index (χ0n) is 9.61. The van der Waals surface area contributed by atoms with Gasteiger partial charge in [-0.15, -0.1) is 0 Å². The lowest BCUT2D eigenvalue weighted by Gasteiger charge is -2.17. The van der Waals surface area contributed by atoms with E-state index >= 15 is 0 Å². The number of nitrogens with one attached hydrogen (secondary N) is 1. The molecule has 1 saturated carbocycles. The summed E-state index contributed by atoms with van der Waals surface area (Å²) in [6.45, 7) is 0.673. The molecule has 3 N–H and O–H groups in total. The Labute approximate surface area is 98.8 Å². The maximum absolute atomic E-state index is 13.8. The van der Waals surface area contributed by atoms with Gasteiger partial charge in [0.25, 0.3) is 5.91 Å². The fourth-order valence-corrected chi connectivity index (χ4v) is 1.69. The lowest BCUT2D eigenvalue weighted by molar-refractivity contribution is 0.0784. The van der Waals surface area contributed by atoms with Gasteiger partial charge in [0.15, 0.2) is 11.6 Å². The van der Waals surface area contributed by atoms with Crippen molar-refractivity contribution in [1.29, 1.82) is 0 Å². The van der Waals surface area contributed by atoms with Crippen LogP contribution in [0.4, 0.5) is 10.2 Å². The molecule has 1 amide bonds. The summed E-state index contributed by atoms with van der Waals surface area (Å²) in [6.07, 6.45) is 3.65. The lowest BCUT2D eigenvalue weighted by atomic mass is 10.2. The number of hydrazine groups is 1. The van der Waals surface area contributed by atoms with Crippen molar-refractivity contribution in [3.8, 4) is 0 Å². The van der Waals surface area contributed by atoms with Crippen LogP contribution in [0.15, 0.2) is 12.3 Å². The summed E-state index contributed by atoms with van der Waals surface area (Å²) in [5.74, 6) is 4.52. The Morgan fingerprint density at radius 3 is 3.00 bits per heavy atom. The van der Waals surface area contributed by atoms with Crippen molar-refractivity contribution in [1.82, 2.24) is 9.88 Å². The molecule has 1 aromatic rings. The minimum absolute atomic E-state index is 0.00361. The van der Waals surface area contributed by atoms with Crippen LogP contribution >= 0.6 is 0 Å². The molecule has 2 rings (SSSR count). The molecule has 0 aromatic carbocycles. The van der Waals surface area contributed by atoms with Crippen molar-refractivity contribution >= 4 is 11.7 Å². The van der Waals surface area contributed by atoms with E-state index in [9.17, 15) is 9.18 Å². The highest BCUT2D eigenvalue weighted by Gasteiger charge is 2.26. The van der Waals surface area contributed by atoms with Gasteiger partial charge >= 0.3 is 0 Å². The zero-order chi connectivity index (χ0) is 12.4. The fourth-order valence-electron chi connectivity index (χ4n) is 1.69. The van der Waals surface area contributed by atoms with E-state index in [4.69, 9.17) is 5.84 Å². The van der Waals surface area contributed by atoms with E-state index in [1.165, 1.54) is 17.2 Å². The number of halogens is 1. The highest BCUT2D eigenvalue weighted by Crippen LogP contribution is 2.29. The average Bonchev–Trinajstić information content (AvgIpc) is 3.12. The first-order valence-corrected chi connectivity index (χ1v) is 5.50. The van der Waals surface area contributed by atoms with Crippen LogP contribution in [-0.4, -0.2) is 29.4 Å². The number of aromatic nitrogens is 1. The Bertz CT molecular complexity index is 433. The summed E-state index contributed by atoms with van der Waals surface area (Å²) in [5.41, 5.74) is 2.12. The SMILES string of the molecule is CN(CC1CC1)C(=O)c1ccnc(NN)c1F. The average molecular weight is 238 g/mol. The Morgan fingerprint density at radius 1 is 1.71 bits per heavy atom. The Morgan fingerprint density at radius 2 is 2.41 bits per heavy atom. The third-order valence-corrected chi connectivity index (χ3v) is 2.83. The number of hydrogen-bond donors (Lipinski definition) is 2. The Hall–Kier alpha value is -1.69. The second kappa shape index (κ2) is 4.67. The number of amides is 1. The van der Waals surface area contributed by atoms with E-state index in [0.717, 1.165) is 12.8 Å². The molecule has 0 spiro atoms. The van der Waals surface area contributed by atoms with Gasteiger partial charge in [0, 0.05) is 19.8 Å². The number of carbonyl (C=O) groups excluding carboxylic acids is 1. The first-order valence-electron chi connectivity index (χ1n) is 5.50. The predicted molar refractivity (Wildman–Crippen MR) is 61.7 cm³/mol. The highest BCUT2D eigenvalue weighted by atomic mass is 19.1. The molecular formula is C11H15FN4O. The number of nitrogens with two attached hydrogens (primary N) is 1.